The highest BCUT2D eigenvalue weighted by Gasteiger charge is 2.15. The number of rotatable bonds is 7. The molecule has 0 aliphatic carbocycles. The number of carbonyl (C=O) groups is 2. The van der Waals surface area contributed by atoms with Gasteiger partial charge in [-0.3, -0.25) is 4.79 Å². The van der Waals surface area contributed by atoms with Gasteiger partial charge in [0.25, 0.3) is 0 Å². The first-order valence-corrected chi connectivity index (χ1v) is 9.20. The Labute approximate surface area is 176 Å². The average molecular weight is 429 g/mol. The third kappa shape index (κ3) is 5.99. The number of benzene rings is 3. The molecule has 6 nitrogen and oxygen atoms in total. The molecule has 0 radical (unpaired) electrons. The molecular formula is C22H18F3N3O3. The second kappa shape index (κ2) is 10.1. The maximum absolute atomic E-state index is 13.6. The number of hydrogen-bond acceptors (Lipinski definition) is 3. The average Bonchev–Trinajstić information content (AvgIpc) is 2.78. The summed E-state index contributed by atoms with van der Waals surface area (Å²) in [6.45, 7) is -0.388. The minimum atomic E-state index is -1.69. The quantitative estimate of drug-likeness (QED) is 0.489. The van der Waals surface area contributed by atoms with Crippen LogP contribution in [-0.2, 0) is 11.3 Å². The Morgan fingerprint density at radius 3 is 2.29 bits per heavy atom. The Hall–Kier alpha value is -4.01. The van der Waals surface area contributed by atoms with E-state index in [0.29, 0.717) is 23.1 Å². The van der Waals surface area contributed by atoms with Gasteiger partial charge in [-0.05, 0) is 30.3 Å². The van der Waals surface area contributed by atoms with Crippen LogP contribution in [0.25, 0.3) is 0 Å². The Morgan fingerprint density at radius 1 is 0.806 bits per heavy atom. The van der Waals surface area contributed by atoms with Crippen molar-refractivity contribution in [2.24, 2.45) is 0 Å². The van der Waals surface area contributed by atoms with Crippen LogP contribution < -0.4 is 20.7 Å². The lowest BCUT2D eigenvalue weighted by atomic mass is 10.2. The maximum Gasteiger partial charge on any atom is 0.315 e. The molecule has 0 aliphatic rings. The summed E-state index contributed by atoms with van der Waals surface area (Å²) >= 11 is 0. The Morgan fingerprint density at radius 2 is 1.52 bits per heavy atom. The van der Waals surface area contributed by atoms with Gasteiger partial charge < -0.3 is 20.7 Å². The second-order valence-electron chi connectivity index (χ2n) is 6.33. The second-order valence-corrected chi connectivity index (χ2v) is 6.33. The number of urea groups is 1. The highest BCUT2D eigenvalue weighted by Crippen LogP contribution is 2.24. The van der Waals surface area contributed by atoms with Crippen molar-refractivity contribution in [3.8, 4) is 11.5 Å². The van der Waals surface area contributed by atoms with Gasteiger partial charge in [-0.15, -0.1) is 0 Å². The molecule has 3 aromatic rings. The summed E-state index contributed by atoms with van der Waals surface area (Å²) in [5.74, 6) is -4.20. The zero-order chi connectivity index (χ0) is 22.2. The van der Waals surface area contributed by atoms with Gasteiger partial charge in [-0.25, -0.2) is 18.0 Å². The lowest BCUT2D eigenvalue weighted by Gasteiger charge is -2.12. The summed E-state index contributed by atoms with van der Waals surface area (Å²) in [4.78, 5) is 23.8. The van der Waals surface area contributed by atoms with E-state index in [2.05, 4.69) is 16.0 Å². The SMILES string of the molecule is O=C(CNC(=O)NCc1ccccc1Oc1ccccc1)Nc1ccc(F)c(F)c1F. The van der Waals surface area contributed by atoms with Gasteiger partial charge in [0, 0.05) is 12.1 Å². The van der Waals surface area contributed by atoms with Crippen molar-refractivity contribution in [3.63, 3.8) is 0 Å². The number of ether oxygens (including phenoxy) is 1. The van der Waals surface area contributed by atoms with Crippen LogP contribution in [0.2, 0.25) is 0 Å². The van der Waals surface area contributed by atoms with Crippen LogP contribution in [-0.4, -0.2) is 18.5 Å². The van der Waals surface area contributed by atoms with E-state index < -0.39 is 41.6 Å². The van der Waals surface area contributed by atoms with E-state index in [1.807, 2.05) is 18.2 Å². The third-order valence-corrected chi connectivity index (χ3v) is 4.10. The van der Waals surface area contributed by atoms with Gasteiger partial charge in [0.1, 0.15) is 11.5 Å². The normalized spacial score (nSPS) is 10.3. The smallest absolute Gasteiger partial charge is 0.315 e. The highest BCUT2D eigenvalue weighted by molar-refractivity contribution is 5.94. The number of hydrogen-bond donors (Lipinski definition) is 3. The number of para-hydroxylation sites is 2. The summed E-state index contributed by atoms with van der Waals surface area (Å²) in [5.41, 5.74) is 0.174. The van der Waals surface area contributed by atoms with E-state index in [9.17, 15) is 22.8 Å². The van der Waals surface area contributed by atoms with Crippen LogP contribution in [0.4, 0.5) is 23.7 Å². The zero-order valence-electron chi connectivity index (χ0n) is 16.1. The van der Waals surface area contributed by atoms with Gasteiger partial charge in [0.15, 0.2) is 17.5 Å². The molecule has 0 spiro atoms. The first kappa shape index (κ1) is 21.7. The van der Waals surface area contributed by atoms with E-state index in [4.69, 9.17) is 4.74 Å². The molecule has 3 amide bonds. The Kier molecular flexibility index (Phi) is 7.10. The molecule has 3 aromatic carbocycles. The van der Waals surface area contributed by atoms with Gasteiger partial charge in [-0.2, -0.15) is 0 Å². The standard InChI is InChI=1S/C22H18F3N3O3/c23-16-10-11-17(21(25)20(16)24)28-19(29)13-27-22(30)26-12-14-6-4-5-9-18(14)31-15-7-2-1-3-8-15/h1-11H,12-13H2,(H,28,29)(H2,26,27,30). The van der Waals surface area contributed by atoms with Gasteiger partial charge in [-0.1, -0.05) is 36.4 Å². The molecular weight excluding hydrogens is 411 g/mol. The number of nitrogens with one attached hydrogen (secondary N) is 3. The van der Waals surface area contributed by atoms with Crippen molar-refractivity contribution in [1.82, 2.24) is 10.6 Å². The van der Waals surface area contributed by atoms with E-state index in [1.165, 1.54) is 0 Å². The van der Waals surface area contributed by atoms with Crippen molar-refractivity contribution in [3.05, 3.63) is 89.7 Å². The van der Waals surface area contributed by atoms with Gasteiger partial charge in [0.2, 0.25) is 5.91 Å². The molecule has 0 fully saturated rings. The van der Waals surface area contributed by atoms with Crippen LogP contribution in [0.15, 0.2) is 66.7 Å². The number of halogens is 3. The molecule has 0 saturated heterocycles. The molecule has 0 atom stereocenters. The summed E-state index contributed by atoms with van der Waals surface area (Å²) < 4.78 is 45.5. The molecule has 160 valence electrons. The summed E-state index contributed by atoms with van der Waals surface area (Å²) in [6, 6.07) is 17.2. The van der Waals surface area contributed by atoms with Crippen LogP contribution in [0.1, 0.15) is 5.56 Å². The molecule has 0 unspecified atom stereocenters. The molecule has 3 rings (SSSR count). The van der Waals surface area contributed by atoms with Crippen molar-refractivity contribution >= 4 is 17.6 Å². The predicted octanol–water partition coefficient (Wildman–Crippen LogP) is 4.33. The van der Waals surface area contributed by atoms with E-state index in [1.54, 1.807) is 36.4 Å². The molecule has 31 heavy (non-hydrogen) atoms. The molecule has 0 bridgehead atoms. The molecule has 0 saturated carbocycles. The minimum absolute atomic E-state index is 0.119. The molecule has 9 heteroatoms. The lowest BCUT2D eigenvalue weighted by Crippen LogP contribution is -2.39. The number of anilines is 1. The largest absolute Gasteiger partial charge is 0.457 e. The van der Waals surface area contributed by atoms with Gasteiger partial charge in [0.05, 0.1) is 12.2 Å². The molecule has 0 heterocycles. The monoisotopic (exact) mass is 429 g/mol. The molecule has 0 aliphatic heterocycles. The van der Waals surface area contributed by atoms with Crippen molar-refractivity contribution in [1.29, 1.82) is 0 Å². The van der Waals surface area contributed by atoms with E-state index >= 15 is 0 Å². The third-order valence-electron chi connectivity index (χ3n) is 4.10. The Bertz CT molecular complexity index is 1080. The van der Waals surface area contributed by atoms with E-state index in [0.717, 1.165) is 6.07 Å². The Balaban J connectivity index is 1.50. The number of amides is 3. The van der Waals surface area contributed by atoms with Crippen LogP contribution >= 0.6 is 0 Å². The first-order valence-electron chi connectivity index (χ1n) is 9.20. The fourth-order valence-electron chi connectivity index (χ4n) is 2.58. The lowest BCUT2D eigenvalue weighted by molar-refractivity contribution is -0.115. The van der Waals surface area contributed by atoms with Gasteiger partial charge >= 0.3 is 6.03 Å². The maximum atomic E-state index is 13.6. The highest BCUT2D eigenvalue weighted by atomic mass is 19.2. The van der Waals surface area contributed by atoms with Crippen LogP contribution in [0.3, 0.4) is 0 Å². The summed E-state index contributed by atoms with van der Waals surface area (Å²) in [6.07, 6.45) is 0. The van der Waals surface area contributed by atoms with Crippen molar-refractivity contribution in [2.75, 3.05) is 11.9 Å². The zero-order valence-corrected chi connectivity index (χ0v) is 16.1. The fourth-order valence-corrected chi connectivity index (χ4v) is 2.58. The fraction of sp³-hybridized carbons (Fsp3) is 0.0909. The van der Waals surface area contributed by atoms with E-state index in [-0.39, 0.29) is 6.54 Å². The topological polar surface area (TPSA) is 79.5 Å². The predicted molar refractivity (Wildman–Crippen MR) is 108 cm³/mol. The van der Waals surface area contributed by atoms with Crippen molar-refractivity contribution in [2.45, 2.75) is 6.54 Å². The molecule has 0 aromatic heterocycles. The van der Waals surface area contributed by atoms with Crippen LogP contribution in [0, 0.1) is 17.5 Å². The minimum Gasteiger partial charge on any atom is -0.457 e. The summed E-state index contributed by atoms with van der Waals surface area (Å²) in [7, 11) is 0. The molecule has 3 N–H and O–H groups in total. The number of carbonyl (C=O) groups excluding carboxylic acids is 2. The summed E-state index contributed by atoms with van der Waals surface area (Å²) in [5, 5.41) is 6.93. The van der Waals surface area contributed by atoms with Crippen LogP contribution in [0.5, 0.6) is 11.5 Å². The van der Waals surface area contributed by atoms with Crippen molar-refractivity contribution < 1.29 is 27.5 Å². The first-order chi connectivity index (χ1) is 14.9.